The molecule has 2 aromatic rings. The van der Waals surface area contributed by atoms with Gasteiger partial charge in [-0.1, -0.05) is 0 Å². The van der Waals surface area contributed by atoms with Gasteiger partial charge in [0.15, 0.2) is 11.9 Å². The van der Waals surface area contributed by atoms with E-state index in [9.17, 15) is 13.6 Å². The molecule has 1 saturated carbocycles. The highest BCUT2D eigenvalue weighted by molar-refractivity contribution is 5.94. The van der Waals surface area contributed by atoms with Gasteiger partial charge < -0.3 is 9.64 Å². The summed E-state index contributed by atoms with van der Waals surface area (Å²) in [5, 5.41) is 6.96. The van der Waals surface area contributed by atoms with Crippen molar-refractivity contribution >= 4 is 5.91 Å². The molecule has 1 aromatic heterocycles. The number of alkyl halides is 2. The minimum absolute atomic E-state index is 0.0632. The number of nitrogens with zero attached hydrogens (tertiary/aromatic N) is 4. The smallest absolute Gasteiger partial charge is 0.288 e. The van der Waals surface area contributed by atoms with Crippen LogP contribution in [0.1, 0.15) is 28.4 Å². The zero-order valence-corrected chi connectivity index (χ0v) is 15.0. The summed E-state index contributed by atoms with van der Waals surface area (Å²) in [5.41, 5.74) is 0.531. The number of rotatable bonds is 5. The van der Waals surface area contributed by atoms with Gasteiger partial charge in [-0.25, -0.2) is 13.8 Å². The maximum absolute atomic E-state index is 12.9. The van der Waals surface area contributed by atoms with Crippen molar-refractivity contribution in [3.63, 3.8) is 0 Å². The van der Waals surface area contributed by atoms with E-state index >= 15 is 0 Å². The summed E-state index contributed by atoms with van der Waals surface area (Å²) in [6.07, 6.45) is -1.29. The Hall–Kier alpha value is -2.55. The Morgan fingerprint density at radius 3 is 2.48 bits per heavy atom. The number of aromatic amines is 1. The van der Waals surface area contributed by atoms with Gasteiger partial charge in [0.2, 0.25) is 0 Å². The van der Waals surface area contributed by atoms with Crippen LogP contribution in [0.5, 0.6) is 5.75 Å². The van der Waals surface area contributed by atoms with E-state index in [1.807, 2.05) is 6.92 Å². The standard InChI is InChI=1S/C18H21F2N5O2/c1-12-21-16(23-22-12)11-24-6-8-25(9-7-24)17(26)13-2-4-14(5-3-13)27-15-10-18(15,19)20/h2-5,15H,6-11H2,1H3,(H,21,22,23). The van der Waals surface area contributed by atoms with Crippen molar-refractivity contribution in [2.75, 3.05) is 26.2 Å². The lowest BCUT2D eigenvalue weighted by molar-refractivity contribution is 0.0622. The minimum atomic E-state index is -2.72. The van der Waals surface area contributed by atoms with Gasteiger partial charge >= 0.3 is 0 Å². The number of hydrogen-bond acceptors (Lipinski definition) is 5. The molecule has 1 N–H and O–H groups in total. The van der Waals surface area contributed by atoms with Crippen molar-refractivity contribution in [2.24, 2.45) is 0 Å². The third kappa shape index (κ3) is 4.08. The number of nitrogens with one attached hydrogen (secondary N) is 1. The van der Waals surface area contributed by atoms with Crippen LogP contribution in [-0.4, -0.2) is 69.1 Å². The molecule has 144 valence electrons. The first-order chi connectivity index (χ1) is 12.9. The lowest BCUT2D eigenvalue weighted by atomic mass is 10.1. The lowest BCUT2D eigenvalue weighted by Gasteiger charge is -2.34. The SMILES string of the molecule is Cc1nc(CN2CCN(C(=O)c3ccc(OC4CC4(F)F)cc3)CC2)n[nH]1. The first-order valence-electron chi connectivity index (χ1n) is 8.95. The maximum atomic E-state index is 12.9. The number of carbonyl (C=O) groups excluding carboxylic acids is 1. The normalized spacial score (nSPS) is 21.9. The quantitative estimate of drug-likeness (QED) is 0.861. The van der Waals surface area contributed by atoms with Crippen LogP contribution >= 0.6 is 0 Å². The molecule has 0 radical (unpaired) electrons. The summed E-state index contributed by atoms with van der Waals surface area (Å²) >= 11 is 0. The van der Waals surface area contributed by atoms with Crippen LogP contribution < -0.4 is 4.74 Å². The Labute approximate surface area is 155 Å². The molecule has 7 nitrogen and oxygen atoms in total. The molecule has 2 heterocycles. The van der Waals surface area contributed by atoms with E-state index in [1.54, 1.807) is 29.2 Å². The fraction of sp³-hybridized carbons (Fsp3) is 0.500. The number of H-pyrrole nitrogens is 1. The van der Waals surface area contributed by atoms with Crippen molar-refractivity contribution in [3.8, 4) is 5.75 Å². The summed E-state index contributed by atoms with van der Waals surface area (Å²) < 4.78 is 31.0. The van der Waals surface area contributed by atoms with Crippen LogP contribution in [0.2, 0.25) is 0 Å². The highest BCUT2D eigenvalue weighted by atomic mass is 19.3. The summed E-state index contributed by atoms with van der Waals surface area (Å²) in [4.78, 5) is 20.9. The molecule has 27 heavy (non-hydrogen) atoms. The number of piperazine rings is 1. The number of ether oxygens (including phenoxy) is 1. The largest absolute Gasteiger partial charge is 0.484 e. The van der Waals surface area contributed by atoms with Crippen LogP contribution in [0, 0.1) is 6.92 Å². The zero-order chi connectivity index (χ0) is 19.0. The van der Waals surface area contributed by atoms with Crippen molar-refractivity contribution < 1.29 is 18.3 Å². The summed E-state index contributed by atoms with van der Waals surface area (Å²) in [5.74, 6) is -0.883. The molecule has 1 atom stereocenters. The number of carbonyl (C=O) groups is 1. The van der Waals surface area contributed by atoms with Gasteiger partial charge in [0.25, 0.3) is 11.8 Å². The second-order valence-corrected chi connectivity index (χ2v) is 7.00. The van der Waals surface area contributed by atoms with Gasteiger partial charge in [0, 0.05) is 31.7 Å². The number of benzene rings is 1. The summed E-state index contributed by atoms with van der Waals surface area (Å²) in [6, 6.07) is 6.40. The Morgan fingerprint density at radius 1 is 1.26 bits per heavy atom. The van der Waals surface area contributed by atoms with Gasteiger partial charge in [0.05, 0.1) is 13.0 Å². The van der Waals surface area contributed by atoms with E-state index in [2.05, 4.69) is 20.1 Å². The third-order valence-corrected chi connectivity index (χ3v) is 4.82. The Kier molecular flexibility index (Phi) is 4.55. The second kappa shape index (κ2) is 6.88. The minimum Gasteiger partial charge on any atom is -0.484 e. The average Bonchev–Trinajstić information content (AvgIpc) is 3.04. The molecule has 1 aromatic carbocycles. The molecular formula is C18H21F2N5O2. The van der Waals surface area contributed by atoms with Crippen molar-refractivity contribution in [1.82, 2.24) is 25.0 Å². The molecule has 1 saturated heterocycles. The van der Waals surface area contributed by atoms with Crippen LogP contribution in [0.3, 0.4) is 0 Å². The number of aromatic nitrogens is 3. The molecule has 4 rings (SSSR count). The molecule has 0 spiro atoms. The molecular weight excluding hydrogens is 356 g/mol. The predicted molar refractivity (Wildman–Crippen MR) is 92.7 cm³/mol. The zero-order valence-electron chi connectivity index (χ0n) is 15.0. The van der Waals surface area contributed by atoms with Crippen LogP contribution in [-0.2, 0) is 6.54 Å². The van der Waals surface area contributed by atoms with E-state index in [1.165, 1.54) is 0 Å². The van der Waals surface area contributed by atoms with Crippen LogP contribution in [0.4, 0.5) is 8.78 Å². The van der Waals surface area contributed by atoms with E-state index < -0.39 is 12.0 Å². The molecule has 2 aliphatic rings. The topological polar surface area (TPSA) is 74.3 Å². The molecule has 1 aliphatic heterocycles. The van der Waals surface area contributed by atoms with Gasteiger partial charge in [-0.3, -0.25) is 14.8 Å². The molecule has 1 amide bonds. The second-order valence-electron chi connectivity index (χ2n) is 7.00. The predicted octanol–water partition coefficient (Wildman–Crippen LogP) is 1.86. The van der Waals surface area contributed by atoms with E-state index in [-0.39, 0.29) is 12.3 Å². The van der Waals surface area contributed by atoms with Gasteiger partial charge in [-0.2, -0.15) is 5.10 Å². The number of aryl methyl sites for hydroxylation is 1. The van der Waals surface area contributed by atoms with Gasteiger partial charge in [-0.15, -0.1) is 0 Å². The Morgan fingerprint density at radius 2 is 1.93 bits per heavy atom. The molecule has 2 fully saturated rings. The molecule has 9 heteroatoms. The van der Waals surface area contributed by atoms with E-state index in [0.717, 1.165) is 24.7 Å². The van der Waals surface area contributed by atoms with Crippen molar-refractivity contribution in [2.45, 2.75) is 31.9 Å². The average molecular weight is 377 g/mol. The Bertz CT molecular complexity index is 815. The van der Waals surface area contributed by atoms with Crippen LogP contribution in [0.15, 0.2) is 24.3 Å². The molecule has 0 bridgehead atoms. The highest BCUT2D eigenvalue weighted by Gasteiger charge is 2.59. The van der Waals surface area contributed by atoms with Crippen LogP contribution in [0.25, 0.3) is 0 Å². The van der Waals surface area contributed by atoms with Gasteiger partial charge in [-0.05, 0) is 31.2 Å². The van der Waals surface area contributed by atoms with Gasteiger partial charge in [0.1, 0.15) is 11.6 Å². The third-order valence-electron chi connectivity index (χ3n) is 4.82. The van der Waals surface area contributed by atoms with E-state index in [0.29, 0.717) is 30.9 Å². The molecule has 1 aliphatic carbocycles. The first kappa shape index (κ1) is 17.8. The fourth-order valence-corrected chi connectivity index (χ4v) is 3.11. The summed E-state index contributed by atoms with van der Waals surface area (Å²) in [6.45, 7) is 5.25. The summed E-state index contributed by atoms with van der Waals surface area (Å²) in [7, 11) is 0. The fourth-order valence-electron chi connectivity index (χ4n) is 3.11. The lowest BCUT2D eigenvalue weighted by Crippen LogP contribution is -2.48. The number of hydrogen-bond donors (Lipinski definition) is 1. The monoisotopic (exact) mass is 377 g/mol. The van der Waals surface area contributed by atoms with E-state index in [4.69, 9.17) is 4.74 Å². The number of halogens is 2. The highest BCUT2D eigenvalue weighted by Crippen LogP contribution is 2.44. The van der Waals surface area contributed by atoms with Crippen molar-refractivity contribution in [1.29, 1.82) is 0 Å². The first-order valence-corrected chi connectivity index (χ1v) is 8.95. The number of amides is 1. The maximum Gasteiger partial charge on any atom is 0.288 e. The molecule has 1 unspecified atom stereocenters. The Balaban J connectivity index is 1.28. The van der Waals surface area contributed by atoms with Crippen molar-refractivity contribution in [3.05, 3.63) is 41.5 Å².